The van der Waals surface area contributed by atoms with Crippen molar-refractivity contribution in [1.82, 2.24) is 15.5 Å². The number of H-pyrrole nitrogens is 1. The van der Waals surface area contributed by atoms with E-state index in [0.717, 1.165) is 0 Å². The number of nitrogens with one attached hydrogen (secondary N) is 2. The molecule has 3 rings (SSSR count). The van der Waals surface area contributed by atoms with Crippen molar-refractivity contribution in [2.75, 3.05) is 6.54 Å². The van der Waals surface area contributed by atoms with Crippen molar-refractivity contribution < 1.29 is 14.8 Å². The fraction of sp³-hybridized carbons (Fsp3) is 0.167. The van der Waals surface area contributed by atoms with E-state index in [1.54, 1.807) is 24.3 Å². The Hall–Kier alpha value is -3.59. The largest absolute Gasteiger partial charge is 0.387 e. The highest BCUT2D eigenvalue weighted by Gasteiger charge is 2.14. The molecule has 1 amide bonds. The van der Waals surface area contributed by atoms with E-state index in [1.807, 2.05) is 0 Å². The molecule has 2 aromatic carbocycles. The highest BCUT2D eigenvalue weighted by molar-refractivity contribution is 5.88. The quantitative estimate of drug-likeness (QED) is 0.442. The van der Waals surface area contributed by atoms with E-state index in [0.29, 0.717) is 22.0 Å². The van der Waals surface area contributed by atoms with Gasteiger partial charge in [-0.1, -0.05) is 18.2 Å². The summed E-state index contributed by atoms with van der Waals surface area (Å²) in [5.41, 5.74) is 0.468. The molecule has 3 N–H and O–H groups in total. The van der Waals surface area contributed by atoms with Crippen LogP contribution < -0.4 is 10.9 Å². The monoisotopic (exact) mass is 368 g/mol. The number of nitro groups is 1. The van der Waals surface area contributed by atoms with Gasteiger partial charge in [-0.25, -0.2) is 5.10 Å². The molecule has 3 aromatic rings. The number of carbonyl (C=O) groups is 1. The Kier molecular flexibility index (Phi) is 5.23. The van der Waals surface area contributed by atoms with Crippen molar-refractivity contribution in [3.8, 4) is 0 Å². The van der Waals surface area contributed by atoms with Crippen LogP contribution in [0.3, 0.4) is 0 Å². The van der Waals surface area contributed by atoms with Gasteiger partial charge in [-0.05, 0) is 23.8 Å². The lowest BCUT2D eigenvalue weighted by Crippen LogP contribution is -2.30. The van der Waals surface area contributed by atoms with Gasteiger partial charge in [0.15, 0.2) is 0 Å². The molecular weight excluding hydrogens is 352 g/mol. The summed E-state index contributed by atoms with van der Waals surface area (Å²) in [4.78, 5) is 34.1. The van der Waals surface area contributed by atoms with Gasteiger partial charge in [-0.15, -0.1) is 0 Å². The van der Waals surface area contributed by atoms with Gasteiger partial charge < -0.3 is 10.4 Å². The summed E-state index contributed by atoms with van der Waals surface area (Å²) in [5, 5.41) is 30.7. The molecule has 0 fully saturated rings. The fourth-order valence-corrected chi connectivity index (χ4v) is 2.67. The van der Waals surface area contributed by atoms with Crippen molar-refractivity contribution >= 4 is 22.4 Å². The first-order valence-corrected chi connectivity index (χ1v) is 8.11. The molecule has 0 saturated heterocycles. The van der Waals surface area contributed by atoms with Crippen molar-refractivity contribution in [2.45, 2.75) is 12.5 Å². The maximum atomic E-state index is 12.2. The molecule has 1 aromatic heterocycles. The first-order valence-electron chi connectivity index (χ1n) is 8.11. The molecule has 0 aliphatic rings. The van der Waals surface area contributed by atoms with Crippen molar-refractivity contribution in [1.29, 1.82) is 0 Å². The summed E-state index contributed by atoms with van der Waals surface area (Å²) >= 11 is 0. The van der Waals surface area contributed by atoms with Gasteiger partial charge in [0.25, 0.3) is 11.2 Å². The highest BCUT2D eigenvalue weighted by Crippen LogP contribution is 2.17. The van der Waals surface area contributed by atoms with Crippen molar-refractivity contribution in [2.24, 2.45) is 0 Å². The Bertz CT molecular complexity index is 1050. The number of nitro benzene ring substituents is 1. The van der Waals surface area contributed by atoms with Crippen LogP contribution in [0.25, 0.3) is 10.8 Å². The molecule has 0 saturated carbocycles. The van der Waals surface area contributed by atoms with Gasteiger partial charge in [0.2, 0.25) is 5.91 Å². The normalized spacial score (nSPS) is 11.9. The number of hydrogen-bond acceptors (Lipinski definition) is 6. The summed E-state index contributed by atoms with van der Waals surface area (Å²) in [6, 6.07) is 12.3. The standard InChI is InChI=1S/C18H16N4O5/c23-16(11-5-7-12(8-6-11)22(26)27)10-19-17(24)9-15-13-3-1-2-4-14(13)18(25)21-20-15/h1-8,16,23H,9-10H2,(H,19,24)(H,21,25)/t16-/m1/s1. The molecule has 27 heavy (non-hydrogen) atoms. The molecule has 0 bridgehead atoms. The molecule has 1 heterocycles. The van der Waals surface area contributed by atoms with E-state index in [4.69, 9.17) is 0 Å². The summed E-state index contributed by atoms with van der Waals surface area (Å²) in [6.45, 7) is -0.0576. The number of nitrogens with zero attached hydrogens (tertiary/aromatic N) is 2. The summed E-state index contributed by atoms with van der Waals surface area (Å²) in [5.74, 6) is -0.374. The molecule has 0 unspecified atom stereocenters. The third kappa shape index (κ3) is 4.15. The fourth-order valence-electron chi connectivity index (χ4n) is 2.67. The first kappa shape index (κ1) is 18.2. The van der Waals surface area contributed by atoms with Crippen LogP contribution in [0, 0.1) is 10.1 Å². The lowest BCUT2D eigenvalue weighted by atomic mass is 10.1. The van der Waals surface area contributed by atoms with Crippen LogP contribution >= 0.6 is 0 Å². The van der Waals surface area contributed by atoms with Gasteiger partial charge in [0.1, 0.15) is 0 Å². The second kappa shape index (κ2) is 7.75. The number of rotatable bonds is 6. The SMILES string of the molecule is O=C(Cc1n[nH]c(=O)c2ccccc12)NC[C@@H](O)c1ccc([N+](=O)[O-])cc1. The van der Waals surface area contributed by atoms with Crippen LogP contribution in [0.5, 0.6) is 0 Å². The zero-order valence-corrected chi connectivity index (χ0v) is 14.1. The van der Waals surface area contributed by atoms with Crippen LogP contribution in [-0.2, 0) is 11.2 Å². The lowest BCUT2D eigenvalue weighted by Gasteiger charge is -2.12. The molecule has 0 radical (unpaired) electrons. The number of aromatic nitrogens is 2. The second-order valence-electron chi connectivity index (χ2n) is 5.89. The molecule has 1 atom stereocenters. The predicted molar refractivity (Wildman–Crippen MR) is 97.1 cm³/mol. The number of aliphatic hydroxyl groups is 1. The van der Waals surface area contributed by atoms with E-state index in [2.05, 4.69) is 15.5 Å². The first-order chi connectivity index (χ1) is 13.0. The maximum Gasteiger partial charge on any atom is 0.272 e. The van der Waals surface area contributed by atoms with E-state index >= 15 is 0 Å². The summed E-state index contributed by atoms with van der Waals surface area (Å²) in [6.07, 6.45) is -1.07. The molecule has 9 heteroatoms. The van der Waals surface area contributed by atoms with E-state index < -0.39 is 11.0 Å². The summed E-state index contributed by atoms with van der Waals surface area (Å²) < 4.78 is 0. The van der Waals surface area contributed by atoms with E-state index in [9.17, 15) is 24.8 Å². The smallest absolute Gasteiger partial charge is 0.272 e. The zero-order chi connectivity index (χ0) is 19.4. The van der Waals surface area contributed by atoms with Gasteiger partial charge in [-0.2, -0.15) is 5.10 Å². The minimum atomic E-state index is -1.00. The number of carbonyl (C=O) groups excluding carboxylic acids is 1. The topological polar surface area (TPSA) is 138 Å². The molecule has 138 valence electrons. The molecular formula is C18H16N4O5. The Labute approximate surface area is 152 Å². The minimum absolute atomic E-state index is 0.0576. The predicted octanol–water partition coefficient (Wildman–Crippen LogP) is 1.22. The van der Waals surface area contributed by atoms with Crippen LogP contribution in [0.4, 0.5) is 5.69 Å². The zero-order valence-electron chi connectivity index (χ0n) is 14.1. The molecule has 9 nitrogen and oxygen atoms in total. The number of amides is 1. The van der Waals surface area contributed by atoms with Gasteiger partial charge in [0.05, 0.1) is 28.5 Å². The van der Waals surface area contributed by atoms with Gasteiger partial charge >= 0.3 is 0 Å². The second-order valence-corrected chi connectivity index (χ2v) is 5.89. The number of benzene rings is 2. The van der Waals surface area contributed by atoms with Crippen LogP contribution in [0.15, 0.2) is 53.3 Å². The third-order valence-electron chi connectivity index (χ3n) is 4.08. The minimum Gasteiger partial charge on any atom is -0.387 e. The van der Waals surface area contributed by atoms with Crippen molar-refractivity contribution in [3.63, 3.8) is 0 Å². The lowest BCUT2D eigenvalue weighted by molar-refractivity contribution is -0.384. The van der Waals surface area contributed by atoms with Crippen molar-refractivity contribution in [3.05, 3.63) is 80.3 Å². The average molecular weight is 368 g/mol. The average Bonchev–Trinajstić information content (AvgIpc) is 2.68. The molecule has 0 spiro atoms. The third-order valence-corrected chi connectivity index (χ3v) is 4.08. The number of fused-ring (bicyclic) bond motifs is 1. The number of non-ortho nitro benzene ring substituents is 1. The van der Waals surface area contributed by atoms with E-state index in [-0.39, 0.29) is 30.1 Å². The molecule has 0 aliphatic carbocycles. The maximum absolute atomic E-state index is 12.2. The molecule has 0 aliphatic heterocycles. The van der Waals surface area contributed by atoms with Crippen LogP contribution in [-0.4, -0.2) is 32.7 Å². The van der Waals surface area contributed by atoms with Gasteiger partial charge in [-0.3, -0.25) is 19.7 Å². The van der Waals surface area contributed by atoms with Crippen LogP contribution in [0.1, 0.15) is 17.4 Å². The number of aliphatic hydroxyl groups excluding tert-OH is 1. The summed E-state index contributed by atoms with van der Waals surface area (Å²) in [7, 11) is 0. The number of aromatic amines is 1. The Morgan fingerprint density at radius 2 is 1.85 bits per heavy atom. The number of hydrogen-bond donors (Lipinski definition) is 3. The van der Waals surface area contributed by atoms with Gasteiger partial charge in [0, 0.05) is 24.1 Å². The van der Waals surface area contributed by atoms with Crippen LogP contribution in [0.2, 0.25) is 0 Å². The van der Waals surface area contributed by atoms with E-state index in [1.165, 1.54) is 24.3 Å². The highest BCUT2D eigenvalue weighted by atomic mass is 16.6. The Morgan fingerprint density at radius 1 is 1.19 bits per heavy atom. The Morgan fingerprint density at radius 3 is 2.52 bits per heavy atom. The Balaban J connectivity index is 1.64.